The first-order chi connectivity index (χ1) is 8.11. The Hall–Kier alpha value is -2.05. The Morgan fingerprint density at radius 3 is 2.53 bits per heavy atom. The van der Waals surface area contributed by atoms with Crippen molar-refractivity contribution in [3.8, 4) is 0 Å². The third-order valence-corrected chi connectivity index (χ3v) is 1.91. The Morgan fingerprint density at radius 1 is 1.29 bits per heavy atom. The van der Waals surface area contributed by atoms with Crippen molar-refractivity contribution in [1.29, 1.82) is 0 Å². The van der Waals surface area contributed by atoms with Crippen LogP contribution in [-0.4, -0.2) is 35.5 Å². The standard InChI is InChI=1S/C10H18N6O/c1-3-12-8-6-9(16-10(11)15-8)14-5-4-13-7(2)17/h6H,3-5H2,1-2H3,(H,13,17)(H4,11,12,14,15,16). The second-order valence-electron chi connectivity index (χ2n) is 3.44. The molecular formula is C10H18N6O. The molecule has 0 saturated heterocycles. The molecule has 0 saturated carbocycles. The molecule has 94 valence electrons. The molecule has 0 radical (unpaired) electrons. The number of hydrogen-bond acceptors (Lipinski definition) is 6. The van der Waals surface area contributed by atoms with Gasteiger partial charge in [-0.2, -0.15) is 9.97 Å². The summed E-state index contributed by atoms with van der Waals surface area (Å²) >= 11 is 0. The normalized spacial score (nSPS) is 9.76. The van der Waals surface area contributed by atoms with Crippen LogP contribution < -0.4 is 21.7 Å². The first-order valence-electron chi connectivity index (χ1n) is 5.48. The average Bonchev–Trinajstić information content (AvgIpc) is 2.24. The number of nitrogen functional groups attached to an aromatic ring is 1. The highest BCUT2D eigenvalue weighted by molar-refractivity contribution is 5.72. The van der Waals surface area contributed by atoms with Crippen molar-refractivity contribution in [3.05, 3.63) is 6.07 Å². The van der Waals surface area contributed by atoms with Gasteiger partial charge in [-0.05, 0) is 6.92 Å². The predicted octanol–water partition coefficient (Wildman–Crippen LogP) is 0.0386. The minimum absolute atomic E-state index is 0.0534. The van der Waals surface area contributed by atoms with Gasteiger partial charge in [0.05, 0.1) is 0 Å². The maximum absolute atomic E-state index is 10.7. The lowest BCUT2D eigenvalue weighted by Gasteiger charge is -2.09. The smallest absolute Gasteiger partial charge is 0.223 e. The van der Waals surface area contributed by atoms with E-state index in [1.54, 1.807) is 6.07 Å². The van der Waals surface area contributed by atoms with Gasteiger partial charge in [-0.25, -0.2) is 0 Å². The third-order valence-electron chi connectivity index (χ3n) is 1.91. The summed E-state index contributed by atoms with van der Waals surface area (Å²) in [5.41, 5.74) is 5.57. The van der Waals surface area contributed by atoms with Crippen LogP contribution in [0.25, 0.3) is 0 Å². The van der Waals surface area contributed by atoms with Gasteiger partial charge >= 0.3 is 0 Å². The molecular weight excluding hydrogens is 220 g/mol. The van der Waals surface area contributed by atoms with Crippen LogP contribution in [0.5, 0.6) is 0 Å². The van der Waals surface area contributed by atoms with E-state index in [1.165, 1.54) is 6.92 Å². The molecule has 0 aliphatic carbocycles. The molecule has 1 aromatic heterocycles. The molecule has 0 fully saturated rings. The minimum atomic E-state index is -0.0534. The lowest BCUT2D eigenvalue weighted by atomic mass is 10.5. The summed E-state index contributed by atoms with van der Waals surface area (Å²) in [6, 6.07) is 1.77. The third kappa shape index (κ3) is 5.01. The molecule has 1 aromatic rings. The summed E-state index contributed by atoms with van der Waals surface area (Å²) in [7, 11) is 0. The molecule has 0 bridgehead atoms. The summed E-state index contributed by atoms with van der Waals surface area (Å²) in [6.45, 7) is 5.34. The number of amides is 1. The van der Waals surface area contributed by atoms with Crippen LogP contribution in [0.2, 0.25) is 0 Å². The lowest BCUT2D eigenvalue weighted by molar-refractivity contribution is -0.118. The van der Waals surface area contributed by atoms with Crippen LogP contribution >= 0.6 is 0 Å². The maximum Gasteiger partial charge on any atom is 0.223 e. The zero-order chi connectivity index (χ0) is 12.7. The number of aromatic nitrogens is 2. The fraction of sp³-hybridized carbons (Fsp3) is 0.500. The topological polar surface area (TPSA) is 105 Å². The van der Waals surface area contributed by atoms with Crippen molar-refractivity contribution in [2.45, 2.75) is 13.8 Å². The molecule has 1 amide bonds. The number of rotatable bonds is 6. The maximum atomic E-state index is 10.7. The van der Waals surface area contributed by atoms with E-state index in [0.29, 0.717) is 24.7 Å². The molecule has 0 aromatic carbocycles. The van der Waals surface area contributed by atoms with Crippen LogP contribution in [0, 0.1) is 0 Å². The van der Waals surface area contributed by atoms with Crippen LogP contribution in [0.4, 0.5) is 17.6 Å². The van der Waals surface area contributed by atoms with Crippen molar-refractivity contribution >= 4 is 23.5 Å². The molecule has 17 heavy (non-hydrogen) atoms. The summed E-state index contributed by atoms with van der Waals surface area (Å²) in [6.07, 6.45) is 0. The second kappa shape index (κ2) is 6.51. The van der Waals surface area contributed by atoms with E-state index in [2.05, 4.69) is 25.9 Å². The zero-order valence-electron chi connectivity index (χ0n) is 10.1. The molecule has 1 rings (SSSR count). The van der Waals surface area contributed by atoms with Crippen LogP contribution in [0.15, 0.2) is 6.07 Å². The quantitative estimate of drug-likeness (QED) is 0.521. The molecule has 1 heterocycles. The predicted molar refractivity (Wildman–Crippen MR) is 67.8 cm³/mol. The van der Waals surface area contributed by atoms with Crippen LogP contribution in [0.3, 0.4) is 0 Å². The van der Waals surface area contributed by atoms with E-state index in [9.17, 15) is 4.79 Å². The first kappa shape index (κ1) is 13.0. The Morgan fingerprint density at radius 2 is 1.94 bits per heavy atom. The van der Waals surface area contributed by atoms with E-state index in [1.807, 2.05) is 6.92 Å². The number of carbonyl (C=O) groups excluding carboxylic acids is 1. The summed E-state index contributed by atoms with van der Waals surface area (Å²) in [4.78, 5) is 18.7. The molecule has 0 aliphatic rings. The number of carbonyl (C=O) groups is 1. The van der Waals surface area contributed by atoms with Crippen molar-refractivity contribution in [3.63, 3.8) is 0 Å². The molecule has 0 unspecified atom stereocenters. The SMILES string of the molecule is CCNc1cc(NCCNC(C)=O)nc(N)n1. The fourth-order valence-corrected chi connectivity index (χ4v) is 1.26. The van der Waals surface area contributed by atoms with E-state index in [-0.39, 0.29) is 11.9 Å². The van der Waals surface area contributed by atoms with Gasteiger partial charge in [0.2, 0.25) is 11.9 Å². The number of nitrogens with two attached hydrogens (primary N) is 1. The van der Waals surface area contributed by atoms with Gasteiger partial charge in [0.15, 0.2) is 0 Å². The van der Waals surface area contributed by atoms with E-state index < -0.39 is 0 Å². The number of nitrogens with zero attached hydrogens (tertiary/aromatic N) is 2. The van der Waals surface area contributed by atoms with Crippen LogP contribution in [-0.2, 0) is 4.79 Å². The minimum Gasteiger partial charge on any atom is -0.370 e. The first-order valence-corrected chi connectivity index (χ1v) is 5.48. The Labute approximate surface area is 100 Å². The Bertz CT molecular complexity index is 381. The zero-order valence-corrected chi connectivity index (χ0v) is 10.1. The van der Waals surface area contributed by atoms with E-state index in [0.717, 1.165) is 6.54 Å². The van der Waals surface area contributed by atoms with Crippen molar-refractivity contribution in [2.75, 3.05) is 36.0 Å². The summed E-state index contributed by atoms with van der Waals surface area (Å²) in [5.74, 6) is 1.48. The molecule has 0 aliphatic heterocycles. The van der Waals surface area contributed by atoms with Gasteiger partial charge in [-0.3, -0.25) is 4.79 Å². The Kier molecular flexibility index (Phi) is 4.99. The molecule has 5 N–H and O–H groups in total. The number of hydrogen-bond donors (Lipinski definition) is 4. The van der Waals surface area contributed by atoms with Gasteiger partial charge in [0, 0.05) is 32.6 Å². The molecule has 0 spiro atoms. The van der Waals surface area contributed by atoms with E-state index in [4.69, 9.17) is 5.73 Å². The lowest BCUT2D eigenvalue weighted by Crippen LogP contribution is -2.26. The molecule has 7 heteroatoms. The van der Waals surface area contributed by atoms with Crippen LogP contribution in [0.1, 0.15) is 13.8 Å². The monoisotopic (exact) mass is 238 g/mol. The van der Waals surface area contributed by atoms with Gasteiger partial charge in [0.25, 0.3) is 0 Å². The highest BCUT2D eigenvalue weighted by Crippen LogP contribution is 2.11. The van der Waals surface area contributed by atoms with E-state index >= 15 is 0 Å². The number of anilines is 3. The molecule has 0 atom stereocenters. The average molecular weight is 238 g/mol. The highest BCUT2D eigenvalue weighted by Gasteiger charge is 2.01. The van der Waals surface area contributed by atoms with Gasteiger partial charge in [-0.1, -0.05) is 0 Å². The highest BCUT2D eigenvalue weighted by atomic mass is 16.1. The number of nitrogens with one attached hydrogen (secondary N) is 3. The fourth-order valence-electron chi connectivity index (χ4n) is 1.26. The molecule has 7 nitrogen and oxygen atoms in total. The summed E-state index contributed by atoms with van der Waals surface area (Å²) in [5, 5.41) is 8.79. The van der Waals surface area contributed by atoms with Gasteiger partial charge in [-0.15, -0.1) is 0 Å². The second-order valence-corrected chi connectivity index (χ2v) is 3.44. The summed E-state index contributed by atoms with van der Waals surface area (Å²) < 4.78 is 0. The Balaban J connectivity index is 2.49. The van der Waals surface area contributed by atoms with Crippen molar-refractivity contribution in [2.24, 2.45) is 0 Å². The largest absolute Gasteiger partial charge is 0.370 e. The van der Waals surface area contributed by atoms with Gasteiger partial charge in [0.1, 0.15) is 11.6 Å². The van der Waals surface area contributed by atoms with Gasteiger partial charge < -0.3 is 21.7 Å². The van der Waals surface area contributed by atoms with Crippen molar-refractivity contribution < 1.29 is 4.79 Å². The van der Waals surface area contributed by atoms with Crippen molar-refractivity contribution in [1.82, 2.24) is 15.3 Å².